The summed E-state index contributed by atoms with van der Waals surface area (Å²) >= 11 is 0. The molecule has 1 atom stereocenters. The Labute approximate surface area is 156 Å². The summed E-state index contributed by atoms with van der Waals surface area (Å²) in [5.41, 5.74) is -0.450. The maximum absolute atomic E-state index is 12.0. The van der Waals surface area contributed by atoms with Gasteiger partial charge in [-0.3, -0.25) is 4.79 Å². The molecule has 0 heterocycles. The number of aliphatic hydroxyl groups excluding tert-OH is 1. The summed E-state index contributed by atoms with van der Waals surface area (Å²) < 4.78 is 0. The summed E-state index contributed by atoms with van der Waals surface area (Å²) in [6.07, 6.45) is 20.6. The molecular formula is C22H43NO2. The van der Waals surface area contributed by atoms with Crippen LogP contribution in [-0.4, -0.2) is 23.2 Å². The van der Waals surface area contributed by atoms with Gasteiger partial charge in [-0.05, 0) is 45.4 Å². The second-order valence-corrected chi connectivity index (χ2v) is 7.64. The van der Waals surface area contributed by atoms with Gasteiger partial charge in [0, 0.05) is 6.42 Å². The van der Waals surface area contributed by atoms with Gasteiger partial charge in [0.25, 0.3) is 0 Å². The van der Waals surface area contributed by atoms with Crippen molar-refractivity contribution in [2.24, 2.45) is 0 Å². The molecule has 3 nitrogen and oxygen atoms in total. The van der Waals surface area contributed by atoms with E-state index in [9.17, 15) is 9.90 Å². The number of unbranched alkanes of at least 4 members (excludes halogenated alkanes) is 9. The Morgan fingerprint density at radius 1 is 0.880 bits per heavy atom. The molecule has 0 bridgehead atoms. The maximum atomic E-state index is 12.0. The van der Waals surface area contributed by atoms with Crippen molar-refractivity contribution in [3.8, 4) is 0 Å². The highest BCUT2D eigenvalue weighted by Crippen LogP contribution is 2.13. The van der Waals surface area contributed by atoms with Crippen molar-refractivity contribution in [3.05, 3.63) is 12.2 Å². The zero-order valence-electron chi connectivity index (χ0n) is 17.1. The molecular weight excluding hydrogens is 310 g/mol. The normalized spacial score (nSPS) is 13.9. The summed E-state index contributed by atoms with van der Waals surface area (Å²) in [6, 6.07) is 0. The number of carbonyl (C=O) groups is 1. The first-order valence-corrected chi connectivity index (χ1v) is 10.6. The van der Waals surface area contributed by atoms with E-state index in [0.29, 0.717) is 6.42 Å². The van der Waals surface area contributed by atoms with E-state index >= 15 is 0 Å². The number of carbonyl (C=O) groups excluding carboxylic acids is 1. The Morgan fingerprint density at radius 3 is 2.00 bits per heavy atom. The SMILES string of the molecule is CCCCCCC=CCCCCCCCC(=O)NC(C)(CO)CCC. The molecule has 0 aromatic carbocycles. The molecule has 0 aliphatic rings. The van der Waals surface area contributed by atoms with Crippen molar-refractivity contribution < 1.29 is 9.90 Å². The minimum Gasteiger partial charge on any atom is -0.394 e. The highest BCUT2D eigenvalue weighted by Gasteiger charge is 2.23. The van der Waals surface area contributed by atoms with Gasteiger partial charge in [0.15, 0.2) is 0 Å². The van der Waals surface area contributed by atoms with E-state index in [0.717, 1.165) is 25.7 Å². The fourth-order valence-corrected chi connectivity index (χ4v) is 3.13. The van der Waals surface area contributed by atoms with Gasteiger partial charge in [-0.2, -0.15) is 0 Å². The number of aliphatic hydroxyl groups is 1. The molecule has 2 N–H and O–H groups in total. The van der Waals surface area contributed by atoms with Gasteiger partial charge in [0.05, 0.1) is 12.1 Å². The molecule has 0 radical (unpaired) electrons. The van der Waals surface area contributed by atoms with E-state index in [1.165, 1.54) is 57.8 Å². The van der Waals surface area contributed by atoms with Crippen LogP contribution in [0.15, 0.2) is 12.2 Å². The van der Waals surface area contributed by atoms with Crippen LogP contribution in [0, 0.1) is 0 Å². The lowest BCUT2D eigenvalue weighted by Crippen LogP contribution is -2.48. The first-order valence-electron chi connectivity index (χ1n) is 10.6. The Hall–Kier alpha value is -0.830. The van der Waals surface area contributed by atoms with Gasteiger partial charge in [-0.1, -0.05) is 70.9 Å². The van der Waals surface area contributed by atoms with Crippen molar-refractivity contribution in [2.45, 2.75) is 116 Å². The molecule has 0 spiro atoms. The molecule has 0 saturated carbocycles. The third-order valence-electron chi connectivity index (χ3n) is 4.76. The van der Waals surface area contributed by atoms with E-state index in [2.05, 4.69) is 31.3 Å². The first-order chi connectivity index (χ1) is 12.1. The summed E-state index contributed by atoms with van der Waals surface area (Å²) in [7, 11) is 0. The number of rotatable bonds is 17. The molecule has 0 saturated heterocycles. The predicted octanol–water partition coefficient (Wildman–Crippen LogP) is 5.91. The molecule has 1 amide bonds. The minimum absolute atomic E-state index is 0.0126. The van der Waals surface area contributed by atoms with Gasteiger partial charge in [0.1, 0.15) is 0 Å². The summed E-state index contributed by atoms with van der Waals surface area (Å²) in [5, 5.41) is 12.4. The second kappa shape index (κ2) is 16.6. The molecule has 0 aromatic heterocycles. The quantitative estimate of drug-likeness (QED) is 0.252. The van der Waals surface area contributed by atoms with Crippen molar-refractivity contribution >= 4 is 5.91 Å². The van der Waals surface area contributed by atoms with Gasteiger partial charge in [-0.15, -0.1) is 0 Å². The van der Waals surface area contributed by atoms with Gasteiger partial charge >= 0.3 is 0 Å². The predicted molar refractivity (Wildman–Crippen MR) is 109 cm³/mol. The van der Waals surface area contributed by atoms with Gasteiger partial charge in [0.2, 0.25) is 5.91 Å². The zero-order chi connectivity index (χ0) is 18.8. The monoisotopic (exact) mass is 353 g/mol. The van der Waals surface area contributed by atoms with Crippen LogP contribution in [0.1, 0.15) is 111 Å². The van der Waals surface area contributed by atoms with Crippen molar-refractivity contribution in [2.75, 3.05) is 6.61 Å². The van der Waals surface area contributed by atoms with Gasteiger partial charge in [-0.25, -0.2) is 0 Å². The zero-order valence-corrected chi connectivity index (χ0v) is 17.1. The Morgan fingerprint density at radius 2 is 1.44 bits per heavy atom. The first kappa shape index (κ1) is 24.2. The lowest BCUT2D eigenvalue weighted by Gasteiger charge is -2.28. The van der Waals surface area contributed by atoms with Crippen molar-refractivity contribution in [3.63, 3.8) is 0 Å². The third kappa shape index (κ3) is 15.2. The molecule has 25 heavy (non-hydrogen) atoms. The summed E-state index contributed by atoms with van der Waals surface area (Å²) in [4.78, 5) is 12.0. The largest absolute Gasteiger partial charge is 0.394 e. The standard InChI is InChI=1S/C22H43NO2/c1-4-6-7-8-9-10-11-12-13-14-15-16-17-18-21(25)23-22(3,20-24)19-5-2/h10-11,24H,4-9,12-20H2,1-3H3,(H,23,25). The lowest BCUT2D eigenvalue weighted by molar-refractivity contribution is -0.123. The number of amides is 1. The Bertz CT molecular complexity index is 341. The van der Waals surface area contributed by atoms with Crippen LogP contribution < -0.4 is 5.32 Å². The molecule has 0 fully saturated rings. The third-order valence-corrected chi connectivity index (χ3v) is 4.76. The van der Waals surface area contributed by atoms with E-state index < -0.39 is 5.54 Å². The number of hydrogen-bond acceptors (Lipinski definition) is 2. The molecule has 3 heteroatoms. The maximum Gasteiger partial charge on any atom is 0.220 e. The Kier molecular flexibility index (Phi) is 16.1. The number of nitrogens with one attached hydrogen (secondary N) is 1. The molecule has 1 unspecified atom stereocenters. The fourth-order valence-electron chi connectivity index (χ4n) is 3.13. The lowest BCUT2D eigenvalue weighted by atomic mass is 9.97. The van der Waals surface area contributed by atoms with Crippen molar-refractivity contribution in [1.29, 1.82) is 0 Å². The second-order valence-electron chi connectivity index (χ2n) is 7.64. The van der Waals surface area contributed by atoms with Crippen LogP contribution in [0.3, 0.4) is 0 Å². The van der Waals surface area contributed by atoms with E-state index in [4.69, 9.17) is 0 Å². The smallest absolute Gasteiger partial charge is 0.220 e. The fraction of sp³-hybridized carbons (Fsp3) is 0.864. The molecule has 0 aliphatic heterocycles. The van der Waals surface area contributed by atoms with Gasteiger partial charge < -0.3 is 10.4 Å². The summed E-state index contributed by atoms with van der Waals surface area (Å²) in [5.74, 6) is 0.0796. The highest BCUT2D eigenvalue weighted by molar-refractivity contribution is 5.76. The van der Waals surface area contributed by atoms with E-state index in [-0.39, 0.29) is 12.5 Å². The average Bonchev–Trinajstić information content (AvgIpc) is 2.59. The molecule has 0 aromatic rings. The molecule has 0 rings (SSSR count). The number of allylic oxidation sites excluding steroid dienone is 2. The molecule has 0 aliphatic carbocycles. The van der Waals surface area contributed by atoms with Crippen LogP contribution in [0.2, 0.25) is 0 Å². The van der Waals surface area contributed by atoms with Crippen LogP contribution in [-0.2, 0) is 4.79 Å². The van der Waals surface area contributed by atoms with Crippen LogP contribution >= 0.6 is 0 Å². The number of hydrogen-bond donors (Lipinski definition) is 2. The highest BCUT2D eigenvalue weighted by atomic mass is 16.3. The Balaban J connectivity index is 3.48. The average molecular weight is 354 g/mol. The molecule has 148 valence electrons. The van der Waals surface area contributed by atoms with E-state index in [1.807, 2.05) is 6.92 Å². The topological polar surface area (TPSA) is 49.3 Å². The van der Waals surface area contributed by atoms with Crippen LogP contribution in [0.5, 0.6) is 0 Å². The van der Waals surface area contributed by atoms with E-state index in [1.54, 1.807) is 0 Å². The van der Waals surface area contributed by atoms with Crippen LogP contribution in [0.4, 0.5) is 0 Å². The van der Waals surface area contributed by atoms with Crippen LogP contribution in [0.25, 0.3) is 0 Å². The summed E-state index contributed by atoms with van der Waals surface area (Å²) in [6.45, 7) is 6.26. The van der Waals surface area contributed by atoms with Crippen molar-refractivity contribution in [1.82, 2.24) is 5.32 Å². The minimum atomic E-state index is -0.450.